The van der Waals surface area contributed by atoms with Gasteiger partial charge in [0.15, 0.2) is 0 Å². The van der Waals surface area contributed by atoms with Crippen LogP contribution in [0.2, 0.25) is 0 Å². The van der Waals surface area contributed by atoms with E-state index in [9.17, 15) is 4.79 Å². The molecule has 0 bridgehead atoms. The van der Waals surface area contributed by atoms with Gasteiger partial charge in [-0.25, -0.2) is 0 Å². The summed E-state index contributed by atoms with van der Waals surface area (Å²) >= 11 is 0. The van der Waals surface area contributed by atoms with Gasteiger partial charge in [0.25, 0.3) is 0 Å². The molecule has 1 rings (SSSR count). The number of ether oxygens (including phenoxy) is 1. The van der Waals surface area contributed by atoms with Crippen LogP contribution < -0.4 is 0 Å². The molecule has 2 heteroatoms. The molecule has 2 nitrogen and oxygen atoms in total. The molecule has 0 aliphatic carbocycles. The molecule has 98 valence electrons. The Morgan fingerprint density at radius 2 is 2.18 bits per heavy atom. The Labute approximate surface area is 105 Å². The van der Waals surface area contributed by atoms with Crippen LogP contribution >= 0.6 is 0 Å². The Hall–Kier alpha value is -0.630. The maximum Gasteiger partial charge on any atom is 0.129 e. The second-order valence-electron chi connectivity index (χ2n) is 5.77. The van der Waals surface area contributed by atoms with E-state index in [1.165, 1.54) is 0 Å². The van der Waals surface area contributed by atoms with Gasteiger partial charge in [0, 0.05) is 13.0 Å². The first-order chi connectivity index (χ1) is 7.93. The number of Topliss-reactive ketones (excluding diaryl/α,β-unsaturated/α-hetero) is 1. The fourth-order valence-electron chi connectivity index (χ4n) is 2.28. The standard InChI is InChI=1S/C15H26O2/c1-12(2)14(7-6-13(3)16)8-10-15(4)9-5-11-17-15/h8,10,12,14H,5-7,9,11H2,1-4H3. The van der Waals surface area contributed by atoms with Crippen molar-refractivity contribution in [2.24, 2.45) is 11.8 Å². The summed E-state index contributed by atoms with van der Waals surface area (Å²) in [5.74, 6) is 1.35. The molecule has 0 saturated carbocycles. The monoisotopic (exact) mass is 238 g/mol. The molecule has 0 radical (unpaired) electrons. The first-order valence-corrected chi connectivity index (χ1v) is 6.76. The van der Waals surface area contributed by atoms with Gasteiger partial charge in [0.1, 0.15) is 5.78 Å². The van der Waals surface area contributed by atoms with E-state index in [-0.39, 0.29) is 11.4 Å². The molecule has 1 aliphatic heterocycles. The lowest BCUT2D eigenvalue weighted by Crippen LogP contribution is -2.20. The minimum Gasteiger partial charge on any atom is -0.371 e. The lowest BCUT2D eigenvalue weighted by atomic mass is 9.88. The van der Waals surface area contributed by atoms with Gasteiger partial charge in [0.05, 0.1) is 5.60 Å². The van der Waals surface area contributed by atoms with Gasteiger partial charge in [-0.05, 0) is 44.9 Å². The highest BCUT2D eigenvalue weighted by molar-refractivity contribution is 5.75. The average Bonchev–Trinajstić information content (AvgIpc) is 2.64. The number of carbonyl (C=O) groups excluding carboxylic acids is 1. The third kappa shape index (κ3) is 5.03. The second kappa shape index (κ2) is 6.34. The summed E-state index contributed by atoms with van der Waals surface area (Å²) in [6, 6.07) is 0. The van der Waals surface area contributed by atoms with Crippen LogP contribution in [-0.4, -0.2) is 18.0 Å². The first kappa shape index (κ1) is 14.4. The summed E-state index contributed by atoms with van der Waals surface area (Å²) in [6.45, 7) is 9.13. The number of rotatable bonds is 6. The number of hydrogen-bond acceptors (Lipinski definition) is 2. The quantitative estimate of drug-likeness (QED) is 0.659. The van der Waals surface area contributed by atoms with E-state index in [0.717, 1.165) is 25.9 Å². The van der Waals surface area contributed by atoms with E-state index in [4.69, 9.17) is 4.74 Å². The summed E-state index contributed by atoms with van der Waals surface area (Å²) in [5, 5.41) is 0. The lowest BCUT2D eigenvalue weighted by molar-refractivity contribution is -0.117. The van der Waals surface area contributed by atoms with E-state index in [1.54, 1.807) is 6.92 Å². The molecule has 1 heterocycles. The van der Waals surface area contributed by atoms with Crippen molar-refractivity contribution in [1.82, 2.24) is 0 Å². The van der Waals surface area contributed by atoms with Crippen LogP contribution in [0.25, 0.3) is 0 Å². The van der Waals surface area contributed by atoms with Crippen molar-refractivity contribution in [3.8, 4) is 0 Å². The van der Waals surface area contributed by atoms with Gasteiger partial charge in [-0.2, -0.15) is 0 Å². The molecule has 2 unspecified atom stereocenters. The van der Waals surface area contributed by atoms with Gasteiger partial charge in [-0.15, -0.1) is 0 Å². The van der Waals surface area contributed by atoms with Crippen molar-refractivity contribution >= 4 is 5.78 Å². The summed E-state index contributed by atoms with van der Waals surface area (Å²) in [6.07, 6.45) is 8.38. The Morgan fingerprint density at radius 3 is 2.65 bits per heavy atom. The highest BCUT2D eigenvalue weighted by atomic mass is 16.5. The number of carbonyl (C=O) groups is 1. The average molecular weight is 238 g/mol. The summed E-state index contributed by atoms with van der Waals surface area (Å²) in [4.78, 5) is 11.0. The number of ketones is 1. The maximum absolute atomic E-state index is 11.0. The molecule has 2 atom stereocenters. The van der Waals surface area contributed by atoms with Crippen molar-refractivity contribution in [2.75, 3.05) is 6.61 Å². The Bertz CT molecular complexity index is 273. The first-order valence-electron chi connectivity index (χ1n) is 6.76. The summed E-state index contributed by atoms with van der Waals surface area (Å²) in [7, 11) is 0. The zero-order chi connectivity index (χ0) is 12.9. The molecule has 0 aromatic carbocycles. The van der Waals surface area contributed by atoms with Crippen molar-refractivity contribution in [1.29, 1.82) is 0 Å². The third-order valence-electron chi connectivity index (χ3n) is 3.63. The van der Waals surface area contributed by atoms with E-state index in [0.29, 0.717) is 18.3 Å². The smallest absolute Gasteiger partial charge is 0.129 e. The molecule has 1 saturated heterocycles. The lowest BCUT2D eigenvalue weighted by Gasteiger charge is -2.21. The minimum absolute atomic E-state index is 0.0661. The molecular formula is C15H26O2. The van der Waals surface area contributed by atoms with E-state index in [1.807, 2.05) is 0 Å². The van der Waals surface area contributed by atoms with Gasteiger partial charge < -0.3 is 9.53 Å². The Morgan fingerprint density at radius 1 is 1.47 bits per heavy atom. The van der Waals surface area contributed by atoms with E-state index < -0.39 is 0 Å². The van der Waals surface area contributed by atoms with Gasteiger partial charge in [-0.1, -0.05) is 26.0 Å². The largest absolute Gasteiger partial charge is 0.371 e. The molecule has 1 fully saturated rings. The molecule has 17 heavy (non-hydrogen) atoms. The zero-order valence-corrected chi connectivity index (χ0v) is 11.7. The van der Waals surface area contributed by atoms with Gasteiger partial charge in [-0.3, -0.25) is 0 Å². The Kier molecular flexibility index (Phi) is 5.38. The topological polar surface area (TPSA) is 26.3 Å². The van der Waals surface area contributed by atoms with Crippen molar-refractivity contribution in [3.05, 3.63) is 12.2 Å². The molecule has 0 N–H and O–H groups in total. The summed E-state index contributed by atoms with van der Waals surface area (Å²) < 4.78 is 5.74. The molecule has 0 aromatic rings. The SMILES string of the molecule is CC(=O)CCC(C=CC1(C)CCCO1)C(C)C. The van der Waals surface area contributed by atoms with Crippen LogP contribution in [0.4, 0.5) is 0 Å². The van der Waals surface area contributed by atoms with Gasteiger partial charge >= 0.3 is 0 Å². The molecule has 0 aromatic heterocycles. The number of allylic oxidation sites excluding steroid dienone is 1. The van der Waals surface area contributed by atoms with Crippen molar-refractivity contribution in [3.63, 3.8) is 0 Å². The normalized spacial score (nSPS) is 26.9. The molecular weight excluding hydrogens is 212 g/mol. The maximum atomic E-state index is 11.0. The van der Waals surface area contributed by atoms with Crippen LogP contribution in [0.1, 0.15) is 53.4 Å². The Balaban J connectivity index is 2.53. The van der Waals surface area contributed by atoms with Crippen LogP contribution in [-0.2, 0) is 9.53 Å². The van der Waals surface area contributed by atoms with E-state index >= 15 is 0 Å². The van der Waals surface area contributed by atoms with E-state index in [2.05, 4.69) is 32.9 Å². The zero-order valence-electron chi connectivity index (χ0n) is 11.7. The highest BCUT2D eigenvalue weighted by Gasteiger charge is 2.27. The van der Waals surface area contributed by atoms with Crippen LogP contribution in [0.15, 0.2) is 12.2 Å². The number of hydrogen-bond donors (Lipinski definition) is 0. The fourth-order valence-corrected chi connectivity index (χ4v) is 2.28. The third-order valence-corrected chi connectivity index (χ3v) is 3.63. The molecule has 0 spiro atoms. The summed E-state index contributed by atoms with van der Waals surface area (Å²) in [5.41, 5.74) is -0.0661. The predicted molar refractivity (Wildman–Crippen MR) is 71.0 cm³/mol. The fraction of sp³-hybridized carbons (Fsp3) is 0.800. The van der Waals surface area contributed by atoms with Crippen molar-refractivity contribution < 1.29 is 9.53 Å². The highest BCUT2D eigenvalue weighted by Crippen LogP contribution is 2.28. The van der Waals surface area contributed by atoms with Gasteiger partial charge in [0.2, 0.25) is 0 Å². The van der Waals surface area contributed by atoms with Crippen molar-refractivity contribution in [2.45, 2.75) is 59.0 Å². The van der Waals surface area contributed by atoms with Crippen LogP contribution in [0.5, 0.6) is 0 Å². The molecule has 0 amide bonds. The second-order valence-corrected chi connectivity index (χ2v) is 5.77. The van der Waals surface area contributed by atoms with Crippen LogP contribution in [0.3, 0.4) is 0 Å². The predicted octanol–water partition coefficient (Wildman–Crippen LogP) is 3.75. The minimum atomic E-state index is -0.0661. The van der Waals surface area contributed by atoms with Crippen LogP contribution in [0, 0.1) is 11.8 Å². The molecule has 1 aliphatic rings.